The predicted molar refractivity (Wildman–Crippen MR) is 122 cm³/mol. The van der Waals surface area contributed by atoms with Crippen molar-refractivity contribution in [3.63, 3.8) is 0 Å². The van der Waals surface area contributed by atoms with Crippen molar-refractivity contribution in [3.05, 3.63) is 47.3 Å². The molecule has 4 heterocycles. The number of H-pyrrole nitrogens is 1. The molecule has 2 aliphatic carbocycles. The zero-order chi connectivity index (χ0) is 23.2. The van der Waals surface area contributed by atoms with Crippen LogP contribution in [0.2, 0.25) is 0 Å². The molecule has 0 unspecified atom stereocenters. The molecule has 2 fully saturated rings. The molecule has 0 bridgehead atoms. The van der Waals surface area contributed by atoms with E-state index >= 15 is 0 Å². The van der Waals surface area contributed by atoms with E-state index in [1.807, 2.05) is 6.07 Å². The van der Waals surface area contributed by atoms with Gasteiger partial charge >= 0.3 is 0 Å². The Hall–Kier alpha value is -3.60. The van der Waals surface area contributed by atoms with Gasteiger partial charge in [0.25, 0.3) is 0 Å². The number of halogens is 1. The summed E-state index contributed by atoms with van der Waals surface area (Å²) in [6.07, 6.45) is 5.88. The molecule has 34 heavy (non-hydrogen) atoms. The lowest BCUT2D eigenvalue weighted by atomic mass is 10.2. The van der Waals surface area contributed by atoms with E-state index in [1.165, 1.54) is 31.2 Å². The van der Waals surface area contributed by atoms with Crippen molar-refractivity contribution < 1.29 is 14.3 Å². The third kappa shape index (κ3) is 4.07. The number of hydrogen-bond donors (Lipinski definition) is 4. The number of nitrogens with one attached hydrogen (secondary N) is 3. The highest BCUT2D eigenvalue weighted by Crippen LogP contribution is 2.40. The summed E-state index contributed by atoms with van der Waals surface area (Å²) in [6, 6.07) is 3.98. The van der Waals surface area contributed by atoms with Crippen LogP contribution in [0.3, 0.4) is 0 Å². The molecular weight excluding hydrogens is 439 g/mol. The Labute approximate surface area is 195 Å². The predicted octanol–water partition coefficient (Wildman–Crippen LogP) is 2.42. The van der Waals surface area contributed by atoms with Crippen molar-refractivity contribution in [2.24, 2.45) is 0 Å². The van der Waals surface area contributed by atoms with Crippen molar-refractivity contribution in [1.82, 2.24) is 25.1 Å². The lowest BCUT2D eigenvalue weighted by Gasteiger charge is -2.25. The second-order valence-electron chi connectivity index (χ2n) is 9.18. The van der Waals surface area contributed by atoms with Crippen molar-refractivity contribution in [2.75, 3.05) is 22.1 Å². The summed E-state index contributed by atoms with van der Waals surface area (Å²) in [4.78, 5) is 27.9. The quantitative estimate of drug-likeness (QED) is 0.409. The van der Waals surface area contributed by atoms with Gasteiger partial charge in [-0.25, -0.2) is 9.97 Å². The molecule has 1 saturated carbocycles. The number of aryl methyl sites for hydroxylation is 1. The van der Waals surface area contributed by atoms with Crippen LogP contribution in [-0.2, 0) is 17.6 Å². The van der Waals surface area contributed by atoms with Crippen LogP contribution in [0.5, 0.6) is 0 Å². The van der Waals surface area contributed by atoms with Gasteiger partial charge in [-0.1, -0.05) is 0 Å². The number of aromatic amines is 1. The molecule has 3 aromatic rings. The second-order valence-corrected chi connectivity index (χ2v) is 9.18. The van der Waals surface area contributed by atoms with E-state index in [9.17, 15) is 14.3 Å². The third-order valence-corrected chi connectivity index (χ3v) is 6.62. The summed E-state index contributed by atoms with van der Waals surface area (Å²) in [5, 5.41) is 24.0. The minimum absolute atomic E-state index is 0.242. The molecule has 1 aliphatic heterocycles. The van der Waals surface area contributed by atoms with Crippen LogP contribution in [0.15, 0.2) is 24.4 Å². The average molecular weight is 465 g/mol. The molecule has 10 nitrogen and oxygen atoms in total. The van der Waals surface area contributed by atoms with Crippen molar-refractivity contribution >= 4 is 29.2 Å². The number of β-amino-alcohol motifs (C(OH)–C–C–N with tert-alkyl or cyclic N) is 1. The molecule has 6 rings (SSSR count). The first-order valence-corrected chi connectivity index (χ1v) is 11.6. The molecule has 0 aromatic carbocycles. The number of carbonyl (C=O) groups excluding carboxylic acids is 1. The summed E-state index contributed by atoms with van der Waals surface area (Å²) in [5.74, 6) is 1.41. The monoisotopic (exact) mass is 464 g/mol. The van der Waals surface area contributed by atoms with Gasteiger partial charge in [0.1, 0.15) is 11.9 Å². The molecule has 176 valence electrons. The number of hydrogen-bond acceptors (Lipinski definition) is 8. The number of carbonyl (C=O) groups is 1. The number of rotatable bonds is 6. The molecule has 0 radical (unpaired) electrons. The maximum Gasteiger partial charge on any atom is 0.247 e. The Bertz CT molecular complexity index is 1230. The zero-order valence-corrected chi connectivity index (χ0v) is 18.5. The van der Waals surface area contributed by atoms with Crippen LogP contribution < -0.4 is 15.5 Å². The highest BCUT2D eigenvalue weighted by Gasteiger charge is 2.38. The first kappa shape index (κ1) is 21.0. The summed E-state index contributed by atoms with van der Waals surface area (Å²) < 4.78 is 13.1. The fraction of sp³-hybridized carbons (Fsp3) is 0.435. The number of amides is 1. The van der Waals surface area contributed by atoms with Crippen molar-refractivity contribution in [3.8, 4) is 0 Å². The van der Waals surface area contributed by atoms with Gasteiger partial charge < -0.3 is 20.6 Å². The van der Waals surface area contributed by atoms with Crippen LogP contribution in [0, 0.1) is 5.95 Å². The van der Waals surface area contributed by atoms with E-state index in [2.05, 4.69) is 25.8 Å². The van der Waals surface area contributed by atoms with Crippen LogP contribution in [0.4, 0.5) is 27.7 Å². The van der Waals surface area contributed by atoms with Gasteiger partial charge in [-0.15, -0.1) is 0 Å². The SMILES string of the molecule is O=C(Nc1ccc(F)nc1)[C@H]1C[C@H](O)CN1c1nc2c(c(Nc3cc(C4CC4)[nH]n3)n1)CCC2. The van der Waals surface area contributed by atoms with Crippen LogP contribution in [-0.4, -0.2) is 54.9 Å². The summed E-state index contributed by atoms with van der Waals surface area (Å²) in [6.45, 7) is 0.242. The van der Waals surface area contributed by atoms with Gasteiger partial charge in [-0.05, 0) is 44.2 Å². The largest absolute Gasteiger partial charge is 0.391 e. The molecule has 1 saturated heterocycles. The lowest BCUT2D eigenvalue weighted by molar-refractivity contribution is -0.117. The first-order chi connectivity index (χ1) is 16.5. The van der Waals surface area contributed by atoms with E-state index < -0.39 is 18.1 Å². The van der Waals surface area contributed by atoms with Crippen LogP contribution >= 0.6 is 0 Å². The summed E-state index contributed by atoms with van der Waals surface area (Å²) >= 11 is 0. The Morgan fingerprint density at radius 1 is 1.24 bits per heavy atom. The standard InChI is InChI=1S/C23H25FN8O2/c24-19-7-6-13(10-25-19)26-22(34)18-8-14(33)11-32(18)23-27-16-3-1-2-15(16)21(29-23)28-20-9-17(30-31-20)12-4-5-12/h6-7,9-10,12,14,18,33H,1-5,8,11H2,(H,26,34)(H2,27,28,29,30,31)/t14-,18+/m0/s1. The molecule has 11 heteroatoms. The topological polar surface area (TPSA) is 132 Å². The number of aromatic nitrogens is 5. The minimum Gasteiger partial charge on any atom is -0.391 e. The number of pyridine rings is 1. The molecular formula is C23H25FN8O2. The Balaban J connectivity index is 1.27. The van der Waals surface area contributed by atoms with Gasteiger partial charge in [-0.2, -0.15) is 14.5 Å². The van der Waals surface area contributed by atoms with Gasteiger partial charge in [0.05, 0.1) is 23.7 Å². The molecule has 0 spiro atoms. The molecule has 3 aliphatic rings. The zero-order valence-electron chi connectivity index (χ0n) is 18.5. The van der Waals surface area contributed by atoms with E-state index in [1.54, 1.807) is 4.90 Å². The first-order valence-electron chi connectivity index (χ1n) is 11.6. The maximum atomic E-state index is 13.1. The fourth-order valence-corrected chi connectivity index (χ4v) is 4.74. The molecule has 1 amide bonds. The summed E-state index contributed by atoms with van der Waals surface area (Å²) in [7, 11) is 0. The molecule has 2 atom stereocenters. The summed E-state index contributed by atoms with van der Waals surface area (Å²) in [5.41, 5.74) is 3.53. The van der Waals surface area contributed by atoms with Gasteiger partial charge in [-0.3, -0.25) is 9.89 Å². The van der Waals surface area contributed by atoms with E-state index in [4.69, 9.17) is 9.97 Å². The second kappa shape index (κ2) is 8.32. The van der Waals surface area contributed by atoms with E-state index in [0.717, 1.165) is 36.2 Å². The Morgan fingerprint density at radius 2 is 2.12 bits per heavy atom. The lowest BCUT2D eigenvalue weighted by Crippen LogP contribution is -2.40. The highest BCUT2D eigenvalue weighted by molar-refractivity contribution is 5.97. The number of anilines is 4. The maximum absolute atomic E-state index is 13.1. The number of nitrogens with zero attached hydrogens (tertiary/aromatic N) is 5. The van der Waals surface area contributed by atoms with Gasteiger partial charge in [0.15, 0.2) is 5.82 Å². The van der Waals surface area contributed by atoms with Gasteiger partial charge in [0.2, 0.25) is 17.8 Å². The van der Waals surface area contributed by atoms with E-state index in [-0.39, 0.29) is 18.9 Å². The van der Waals surface area contributed by atoms with Crippen molar-refractivity contribution in [1.29, 1.82) is 0 Å². The number of aliphatic hydroxyl groups is 1. The third-order valence-electron chi connectivity index (χ3n) is 6.62. The van der Waals surface area contributed by atoms with Crippen LogP contribution in [0.25, 0.3) is 0 Å². The van der Waals surface area contributed by atoms with Crippen LogP contribution in [0.1, 0.15) is 48.6 Å². The fourth-order valence-electron chi connectivity index (χ4n) is 4.74. The normalized spacial score (nSPS) is 21.5. The molecule has 3 aromatic heterocycles. The van der Waals surface area contributed by atoms with Gasteiger partial charge in [0, 0.05) is 36.2 Å². The number of fused-ring (bicyclic) bond motifs is 1. The minimum atomic E-state index is -0.692. The molecule has 4 N–H and O–H groups in total. The number of aliphatic hydroxyl groups excluding tert-OH is 1. The van der Waals surface area contributed by atoms with Crippen molar-refractivity contribution in [2.45, 2.75) is 56.6 Å². The average Bonchev–Trinajstić information content (AvgIpc) is 3.20. The Morgan fingerprint density at radius 3 is 2.91 bits per heavy atom. The highest BCUT2D eigenvalue weighted by atomic mass is 19.1. The smallest absolute Gasteiger partial charge is 0.247 e. The Kier molecular flexibility index (Phi) is 5.13. The van der Waals surface area contributed by atoms with E-state index in [0.29, 0.717) is 29.2 Å².